The van der Waals surface area contributed by atoms with E-state index in [4.69, 9.17) is 21.6 Å². The van der Waals surface area contributed by atoms with Gasteiger partial charge < -0.3 is 4.74 Å². The molecule has 0 saturated heterocycles. The van der Waals surface area contributed by atoms with Gasteiger partial charge in [0, 0.05) is 11.1 Å². The van der Waals surface area contributed by atoms with Crippen molar-refractivity contribution in [2.45, 2.75) is 13.3 Å². The van der Waals surface area contributed by atoms with Gasteiger partial charge in [0.25, 0.3) is 0 Å². The minimum absolute atomic E-state index is 0.222. The smallest absolute Gasteiger partial charge is 0.131 e. The van der Waals surface area contributed by atoms with Crippen LogP contribution in [0.2, 0.25) is 5.02 Å². The fraction of sp³-hybridized carbons (Fsp3) is 0.133. The van der Waals surface area contributed by atoms with Crippen LogP contribution in [0, 0.1) is 17.1 Å². The summed E-state index contributed by atoms with van der Waals surface area (Å²) in [4.78, 5) is 0. The highest BCUT2D eigenvalue weighted by atomic mass is 35.5. The molecular formula is C15H11ClFNO. The number of nitriles is 1. The van der Waals surface area contributed by atoms with Gasteiger partial charge in [0.15, 0.2) is 0 Å². The van der Waals surface area contributed by atoms with Crippen LogP contribution in [-0.2, 0) is 6.42 Å². The molecule has 2 nitrogen and oxygen atoms in total. The second-order valence-corrected chi connectivity index (χ2v) is 4.40. The van der Waals surface area contributed by atoms with E-state index < -0.39 is 5.82 Å². The average Bonchev–Trinajstić information content (AvgIpc) is 2.40. The molecule has 96 valence electrons. The third-order valence-electron chi connectivity index (χ3n) is 2.63. The number of benzene rings is 2. The summed E-state index contributed by atoms with van der Waals surface area (Å²) in [6, 6.07) is 11.0. The standard InChI is InChI=1S/C15H11ClFNO/c1-2-11-7-13(3-4-15(11)16)19-14-6-10(9-18)5-12(17)8-14/h3-8H,2H2,1H3. The second-order valence-electron chi connectivity index (χ2n) is 4.00. The fourth-order valence-electron chi connectivity index (χ4n) is 1.71. The Morgan fingerprint density at radius 3 is 2.68 bits per heavy atom. The third kappa shape index (κ3) is 3.24. The summed E-state index contributed by atoms with van der Waals surface area (Å²) < 4.78 is 18.8. The quantitative estimate of drug-likeness (QED) is 0.813. The number of hydrogen-bond acceptors (Lipinski definition) is 2. The van der Waals surface area contributed by atoms with Gasteiger partial charge in [-0.05, 0) is 42.3 Å². The number of aryl methyl sites for hydroxylation is 1. The van der Waals surface area contributed by atoms with Gasteiger partial charge in [-0.15, -0.1) is 0 Å². The fourth-order valence-corrected chi connectivity index (χ4v) is 1.96. The van der Waals surface area contributed by atoms with Crippen LogP contribution >= 0.6 is 11.6 Å². The summed E-state index contributed by atoms with van der Waals surface area (Å²) in [7, 11) is 0. The molecule has 2 aromatic carbocycles. The van der Waals surface area contributed by atoms with Crippen LogP contribution in [0.15, 0.2) is 36.4 Å². The van der Waals surface area contributed by atoms with Gasteiger partial charge in [0.05, 0.1) is 11.6 Å². The lowest BCUT2D eigenvalue weighted by molar-refractivity contribution is 0.476. The Morgan fingerprint density at radius 2 is 2.00 bits per heavy atom. The number of rotatable bonds is 3. The van der Waals surface area contributed by atoms with Crippen LogP contribution in [0.4, 0.5) is 4.39 Å². The molecule has 2 rings (SSSR count). The molecule has 0 aliphatic carbocycles. The maximum Gasteiger partial charge on any atom is 0.131 e. The molecule has 0 heterocycles. The van der Waals surface area contributed by atoms with Gasteiger partial charge >= 0.3 is 0 Å². The van der Waals surface area contributed by atoms with Gasteiger partial charge in [-0.2, -0.15) is 5.26 Å². The molecule has 0 amide bonds. The largest absolute Gasteiger partial charge is 0.457 e. The van der Waals surface area contributed by atoms with E-state index in [2.05, 4.69) is 0 Å². The Morgan fingerprint density at radius 1 is 1.21 bits per heavy atom. The van der Waals surface area contributed by atoms with Gasteiger partial charge in [0.2, 0.25) is 0 Å². The maximum absolute atomic E-state index is 13.3. The summed E-state index contributed by atoms with van der Waals surface area (Å²) in [6.07, 6.45) is 0.780. The second kappa shape index (κ2) is 5.73. The predicted molar refractivity (Wildman–Crippen MR) is 72.0 cm³/mol. The SMILES string of the molecule is CCc1cc(Oc2cc(F)cc(C#N)c2)ccc1Cl. The average molecular weight is 276 g/mol. The van der Waals surface area contributed by atoms with Crippen LogP contribution in [0.3, 0.4) is 0 Å². The van der Waals surface area contributed by atoms with E-state index in [1.165, 1.54) is 12.1 Å². The van der Waals surface area contributed by atoms with Crippen molar-refractivity contribution < 1.29 is 9.13 Å². The molecule has 0 N–H and O–H groups in total. The lowest BCUT2D eigenvalue weighted by Gasteiger charge is -2.08. The van der Waals surface area contributed by atoms with E-state index in [-0.39, 0.29) is 5.56 Å². The Kier molecular flexibility index (Phi) is 4.03. The Labute approximate surface area is 116 Å². The van der Waals surface area contributed by atoms with Gasteiger partial charge in [-0.1, -0.05) is 18.5 Å². The number of halogens is 2. The topological polar surface area (TPSA) is 33.0 Å². The zero-order valence-corrected chi connectivity index (χ0v) is 11.0. The van der Waals surface area contributed by atoms with E-state index in [1.807, 2.05) is 13.0 Å². The summed E-state index contributed by atoms with van der Waals surface area (Å²) in [5, 5.41) is 9.45. The minimum Gasteiger partial charge on any atom is -0.457 e. The normalized spacial score (nSPS) is 10.0. The van der Waals surface area contributed by atoms with Crippen molar-refractivity contribution in [2.24, 2.45) is 0 Å². The molecule has 0 spiro atoms. The van der Waals surface area contributed by atoms with Gasteiger partial charge in [-0.25, -0.2) is 4.39 Å². The number of ether oxygens (including phenoxy) is 1. The van der Waals surface area contributed by atoms with Crippen molar-refractivity contribution in [3.8, 4) is 17.6 Å². The van der Waals surface area contributed by atoms with Crippen LogP contribution in [0.25, 0.3) is 0 Å². The van der Waals surface area contributed by atoms with Crippen LogP contribution < -0.4 is 4.74 Å². The van der Waals surface area contributed by atoms with Crippen molar-refractivity contribution in [2.75, 3.05) is 0 Å². The first-order chi connectivity index (χ1) is 9.12. The van der Waals surface area contributed by atoms with E-state index in [9.17, 15) is 4.39 Å². The number of hydrogen-bond donors (Lipinski definition) is 0. The molecule has 0 unspecified atom stereocenters. The van der Waals surface area contributed by atoms with E-state index in [0.29, 0.717) is 16.5 Å². The van der Waals surface area contributed by atoms with E-state index >= 15 is 0 Å². The molecule has 19 heavy (non-hydrogen) atoms. The van der Waals surface area contributed by atoms with Crippen molar-refractivity contribution in [1.29, 1.82) is 5.26 Å². The molecule has 0 atom stereocenters. The van der Waals surface area contributed by atoms with Crippen molar-refractivity contribution >= 4 is 11.6 Å². The molecule has 0 aliphatic rings. The molecule has 0 saturated carbocycles. The first kappa shape index (κ1) is 13.4. The monoisotopic (exact) mass is 275 g/mol. The van der Waals surface area contributed by atoms with Crippen LogP contribution in [0.1, 0.15) is 18.1 Å². The molecule has 0 aliphatic heterocycles. The maximum atomic E-state index is 13.3. The highest BCUT2D eigenvalue weighted by Crippen LogP contribution is 2.27. The van der Waals surface area contributed by atoms with Crippen molar-refractivity contribution in [1.82, 2.24) is 0 Å². The molecule has 2 aromatic rings. The van der Waals surface area contributed by atoms with Crippen molar-refractivity contribution in [3.05, 3.63) is 58.4 Å². The van der Waals surface area contributed by atoms with Crippen molar-refractivity contribution in [3.63, 3.8) is 0 Å². The zero-order chi connectivity index (χ0) is 13.8. The summed E-state index contributed by atoms with van der Waals surface area (Å²) in [6.45, 7) is 1.99. The van der Waals surface area contributed by atoms with E-state index in [1.54, 1.807) is 18.2 Å². The Balaban J connectivity index is 2.31. The highest BCUT2D eigenvalue weighted by molar-refractivity contribution is 6.31. The molecule has 0 aromatic heterocycles. The Hall–Kier alpha value is -2.05. The summed E-state index contributed by atoms with van der Waals surface area (Å²) >= 11 is 6.01. The Bertz CT molecular complexity index is 649. The van der Waals surface area contributed by atoms with Crippen LogP contribution in [-0.4, -0.2) is 0 Å². The number of nitrogens with zero attached hydrogens (tertiary/aromatic N) is 1. The molecule has 4 heteroatoms. The summed E-state index contributed by atoms with van der Waals surface area (Å²) in [5.41, 5.74) is 1.18. The van der Waals surface area contributed by atoms with Gasteiger partial charge in [0.1, 0.15) is 17.3 Å². The highest BCUT2D eigenvalue weighted by Gasteiger charge is 2.05. The lowest BCUT2D eigenvalue weighted by Crippen LogP contribution is -1.89. The minimum atomic E-state index is -0.501. The van der Waals surface area contributed by atoms with Crippen LogP contribution in [0.5, 0.6) is 11.5 Å². The molecule has 0 bridgehead atoms. The molecule has 0 radical (unpaired) electrons. The first-order valence-electron chi connectivity index (χ1n) is 5.79. The first-order valence-corrected chi connectivity index (χ1v) is 6.17. The summed E-state index contributed by atoms with van der Waals surface area (Å²) in [5.74, 6) is 0.357. The molecule has 0 fully saturated rings. The van der Waals surface area contributed by atoms with E-state index in [0.717, 1.165) is 18.1 Å². The lowest BCUT2D eigenvalue weighted by atomic mass is 10.1. The van der Waals surface area contributed by atoms with Gasteiger partial charge in [-0.3, -0.25) is 0 Å². The molecular weight excluding hydrogens is 265 g/mol. The third-order valence-corrected chi connectivity index (χ3v) is 3.00. The predicted octanol–water partition coefficient (Wildman–Crippen LogP) is 4.71. The zero-order valence-electron chi connectivity index (χ0n) is 10.3.